The number of halogens is 1. The van der Waals surface area contributed by atoms with Gasteiger partial charge in [0, 0.05) is 35.7 Å². The fourth-order valence-corrected chi connectivity index (χ4v) is 4.64. The second kappa shape index (κ2) is 6.20. The molecule has 2 aliphatic rings. The van der Waals surface area contributed by atoms with Gasteiger partial charge in [-0.15, -0.1) is 0 Å². The van der Waals surface area contributed by atoms with Crippen molar-refractivity contribution in [1.29, 1.82) is 5.26 Å². The number of aromatic nitrogens is 1. The van der Waals surface area contributed by atoms with Gasteiger partial charge in [-0.1, -0.05) is 6.58 Å². The summed E-state index contributed by atoms with van der Waals surface area (Å²) in [6.07, 6.45) is 4.00. The van der Waals surface area contributed by atoms with Crippen molar-refractivity contribution in [3.8, 4) is 6.07 Å². The smallest absolute Gasteiger partial charge is 0.250 e. The van der Waals surface area contributed by atoms with Gasteiger partial charge in [-0.2, -0.15) is 5.26 Å². The molecule has 1 aliphatic carbocycles. The van der Waals surface area contributed by atoms with Gasteiger partial charge in [0.05, 0.1) is 16.6 Å². The van der Waals surface area contributed by atoms with E-state index in [1.165, 1.54) is 6.08 Å². The molecule has 1 spiro atoms. The van der Waals surface area contributed by atoms with Crippen LogP contribution in [0.1, 0.15) is 52.4 Å². The lowest BCUT2D eigenvalue weighted by molar-refractivity contribution is -0.128. The van der Waals surface area contributed by atoms with Crippen LogP contribution in [0.25, 0.3) is 10.9 Å². The highest BCUT2D eigenvalue weighted by molar-refractivity contribution is 6.08. The molecule has 0 bridgehead atoms. The van der Waals surface area contributed by atoms with Crippen molar-refractivity contribution in [2.24, 2.45) is 11.1 Å². The molecule has 2 amide bonds. The number of piperidine rings is 1. The number of nitrogens with one attached hydrogen (secondary N) is 1. The number of benzene rings is 1. The third kappa shape index (κ3) is 2.68. The lowest BCUT2D eigenvalue weighted by Crippen LogP contribution is -2.43. The minimum Gasteiger partial charge on any atom is -0.366 e. The Bertz CT molecular complexity index is 1070. The zero-order valence-electron chi connectivity index (χ0n) is 15.6. The molecule has 28 heavy (non-hydrogen) atoms. The van der Waals surface area contributed by atoms with Crippen LogP contribution >= 0.6 is 0 Å². The Kier molecular flexibility index (Phi) is 4.03. The van der Waals surface area contributed by atoms with Gasteiger partial charge in [-0.25, -0.2) is 4.39 Å². The first-order chi connectivity index (χ1) is 13.3. The second-order valence-corrected chi connectivity index (χ2v) is 7.99. The average molecular weight is 380 g/mol. The third-order valence-electron chi connectivity index (χ3n) is 6.13. The van der Waals surface area contributed by atoms with Crippen LogP contribution in [0, 0.1) is 29.5 Å². The van der Waals surface area contributed by atoms with Crippen LogP contribution in [0.15, 0.2) is 18.7 Å². The molecule has 3 N–H and O–H groups in total. The largest absolute Gasteiger partial charge is 0.366 e. The highest BCUT2D eigenvalue weighted by Gasteiger charge is 2.50. The number of carbonyl (C=O) groups is 2. The molecule has 2 aromatic rings. The van der Waals surface area contributed by atoms with Gasteiger partial charge in [0.1, 0.15) is 11.9 Å². The molecule has 6 nitrogen and oxygen atoms in total. The molecule has 1 saturated heterocycles. The minimum absolute atomic E-state index is 0.000860. The van der Waals surface area contributed by atoms with Crippen LogP contribution in [-0.4, -0.2) is 34.8 Å². The molecular weight excluding hydrogens is 359 g/mol. The second-order valence-electron chi connectivity index (χ2n) is 7.99. The zero-order valence-corrected chi connectivity index (χ0v) is 15.6. The summed E-state index contributed by atoms with van der Waals surface area (Å²) in [6, 6.07) is 3.27. The Morgan fingerprint density at radius 3 is 2.79 bits per heavy atom. The predicted molar refractivity (Wildman–Crippen MR) is 102 cm³/mol. The number of primary amides is 1. The van der Waals surface area contributed by atoms with E-state index in [0.717, 1.165) is 25.3 Å². The standard InChI is InChI=1S/C21H21FN4O2/c1-3-16(27)26-9-12(7-21(10-26)4-5-21)17-15(22)6-13(20(24)28)19-18(17)14(8-23)11(2)25-19/h3,6,12,25H,1,4-5,7,9-10H2,2H3,(H2,24,28). The Hall–Kier alpha value is -3.14. The van der Waals surface area contributed by atoms with Crippen LogP contribution in [0.5, 0.6) is 0 Å². The highest BCUT2D eigenvalue weighted by atomic mass is 19.1. The normalized spacial score (nSPS) is 20.2. The van der Waals surface area contributed by atoms with Gasteiger partial charge in [0.25, 0.3) is 5.91 Å². The molecule has 1 aliphatic heterocycles. The summed E-state index contributed by atoms with van der Waals surface area (Å²) >= 11 is 0. The third-order valence-corrected chi connectivity index (χ3v) is 6.13. The fraction of sp³-hybridized carbons (Fsp3) is 0.381. The van der Waals surface area contributed by atoms with E-state index in [4.69, 9.17) is 5.73 Å². The Morgan fingerprint density at radius 2 is 2.21 bits per heavy atom. The first-order valence-electron chi connectivity index (χ1n) is 9.26. The summed E-state index contributed by atoms with van der Waals surface area (Å²) in [6.45, 7) is 6.28. The molecule has 1 aromatic carbocycles. The van der Waals surface area contributed by atoms with Crippen molar-refractivity contribution in [2.45, 2.75) is 32.1 Å². The molecule has 1 unspecified atom stereocenters. The summed E-state index contributed by atoms with van der Waals surface area (Å²) in [5, 5.41) is 10.1. The Balaban J connectivity index is 1.93. The molecule has 144 valence electrons. The molecule has 7 heteroatoms. The molecule has 0 radical (unpaired) electrons. The van der Waals surface area contributed by atoms with Gasteiger partial charge in [0.2, 0.25) is 5.91 Å². The van der Waals surface area contributed by atoms with E-state index >= 15 is 4.39 Å². The number of likely N-dealkylation sites (tertiary alicyclic amines) is 1. The van der Waals surface area contributed by atoms with Crippen molar-refractivity contribution >= 4 is 22.7 Å². The summed E-state index contributed by atoms with van der Waals surface area (Å²) in [5.74, 6) is -1.77. The van der Waals surface area contributed by atoms with E-state index in [2.05, 4.69) is 17.6 Å². The molecule has 2 fully saturated rings. The number of carbonyl (C=O) groups excluding carboxylic acids is 2. The summed E-state index contributed by atoms with van der Waals surface area (Å²) in [4.78, 5) is 28.9. The van der Waals surface area contributed by atoms with Crippen molar-refractivity contribution in [2.75, 3.05) is 13.1 Å². The Labute approximate surface area is 161 Å². The van der Waals surface area contributed by atoms with E-state index in [9.17, 15) is 14.9 Å². The first kappa shape index (κ1) is 18.2. The molecular formula is C21H21FN4O2. The van der Waals surface area contributed by atoms with E-state index < -0.39 is 11.7 Å². The molecule has 1 aromatic heterocycles. The van der Waals surface area contributed by atoms with Crippen molar-refractivity contribution < 1.29 is 14.0 Å². The van der Waals surface area contributed by atoms with Crippen LogP contribution in [0.2, 0.25) is 0 Å². The number of aromatic amines is 1. The van der Waals surface area contributed by atoms with Gasteiger partial charge < -0.3 is 15.6 Å². The van der Waals surface area contributed by atoms with E-state index in [1.807, 2.05) is 0 Å². The summed E-state index contributed by atoms with van der Waals surface area (Å²) in [5.41, 5.74) is 7.10. The average Bonchev–Trinajstić information content (AvgIpc) is 3.31. The van der Waals surface area contributed by atoms with Crippen molar-refractivity contribution in [1.82, 2.24) is 9.88 Å². The molecule has 4 rings (SSSR count). The van der Waals surface area contributed by atoms with E-state index in [1.54, 1.807) is 11.8 Å². The topological polar surface area (TPSA) is 103 Å². The maximum absolute atomic E-state index is 15.3. The fourth-order valence-electron chi connectivity index (χ4n) is 4.64. The number of hydrogen-bond donors (Lipinski definition) is 2. The van der Waals surface area contributed by atoms with Gasteiger partial charge in [0.15, 0.2) is 0 Å². The number of aryl methyl sites for hydroxylation is 1. The maximum atomic E-state index is 15.3. The van der Waals surface area contributed by atoms with E-state index in [-0.39, 0.29) is 22.8 Å². The number of fused-ring (bicyclic) bond motifs is 1. The van der Waals surface area contributed by atoms with Crippen LogP contribution < -0.4 is 5.73 Å². The SMILES string of the molecule is C=CC(=O)N1CC(c2c(F)cc(C(N)=O)c3[nH]c(C)c(C#N)c23)CC2(CC2)C1. The Morgan fingerprint density at radius 1 is 1.50 bits per heavy atom. The van der Waals surface area contributed by atoms with Crippen LogP contribution in [0.3, 0.4) is 0 Å². The highest BCUT2D eigenvalue weighted by Crippen LogP contribution is 2.56. The van der Waals surface area contributed by atoms with Crippen molar-refractivity contribution in [3.63, 3.8) is 0 Å². The molecule has 1 atom stereocenters. The van der Waals surface area contributed by atoms with E-state index in [0.29, 0.717) is 40.8 Å². The first-order valence-corrected chi connectivity index (χ1v) is 9.26. The maximum Gasteiger partial charge on any atom is 0.250 e. The number of nitrogens with zero attached hydrogens (tertiary/aromatic N) is 2. The van der Waals surface area contributed by atoms with Gasteiger partial charge in [-0.05, 0) is 43.7 Å². The van der Waals surface area contributed by atoms with Crippen molar-refractivity contribution in [3.05, 3.63) is 46.9 Å². The monoisotopic (exact) mass is 380 g/mol. The van der Waals surface area contributed by atoms with Crippen LogP contribution in [-0.2, 0) is 4.79 Å². The minimum atomic E-state index is -0.757. The number of nitrogens with two attached hydrogens (primary N) is 1. The quantitative estimate of drug-likeness (QED) is 0.800. The zero-order chi connectivity index (χ0) is 20.2. The molecule has 2 heterocycles. The van der Waals surface area contributed by atoms with Gasteiger partial charge >= 0.3 is 0 Å². The lowest BCUT2D eigenvalue weighted by Gasteiger charge is -2.38. The number of H-pyrrole nitrogens is 1. The summed E-state index contributed by atoms with van der Waals surface area (Å²) < 4.78 is 15.3. The van der Waals surface area contributed by atoms with Gasteiger partial charge in [-0.3, -0.25) is 9.59 Å². The number of rotatable bonds is 3. The molecule has 1 saturated carbocycles. The summed E-state index contributed by atoms with van der Waals surface area (Å²) in [7, 11) is 0. The van der Waals surface area contributed by atoms with Crippen LogP contribution in [0.4, 0.5) is 4.39 Å². The predicted octanol–water partition coefficient (Wildman–Crippen LogP) is 2.87. The number of hydrogen-bond acceptors (Lipinski definition) is 3. The lowest BCUT2D eigenvalue weighted by atomic mass is 9.80. The number of nitriles is 1. The number of amides is 2.